The molecular weight excluding hydrogens is 296 g/mol. The van der Waals surface area contributed by atoms with Gasteiger partial charge in [-0.25, -0.2) is 0 Å². The second-order valence-electron chi connectivity index (χ2n) is 6.55. The van der Waals surface area contributed by atoms with Crippen molar-refractivity contribution in [2.45, 2.75) is 76.2 Å². The number of aryl methyl sites for hydroxylation is 1. The number of amides is 1. The molecule has 0 spiro atoms. The third kappa shape index (κ3) is 4.29. The highest BCUT2D eigenvalue weighted by atomic mass is 16.5. The molecule has 2 fully saturated rings. The molecule has 2 N–H and O–H groups in total. The van der Waals surface area contributed by atoms with Crippen LogP contribution in [0.3, 0.4) is 0 Å². The van der Waals surface area contributed by atoms with Gasteiger partial charge in [-0.15, -0.1) is 5.10 Å². The first-order valence-corrected chi connectivity index (χ1v) is 8.65. The third-order valence-electron chi connectivity index (χ3n) is 4.70. The quantitative estimate of drug-likeness (QED) is 0.781. The third-order valence-corrected chi connectivity index (χ3v) is 4.70. The molecule has 1 amide bonds. The van der Waals surface area contributed by atoms with Gasteiger partial charge >= 0.3 is 0 Å². The lowest BCUT2D eigenvalue weighted by atomic mass is 9.97. The average molecular weight is 322 g/mol. The van der Waals surface area contributed by atoms with Crippen molar-refractivity contribution >= 4 is 5.91 Å². The lowest BCUT2D eigenvalue weighted by Gasteiger charge is -2.36. The summed E-state index contributed by atoms with van der Waals surface area (Å²) in [5.74, 6) is 0.627. The molecule has 0 bridgehead atoms. The summed E-state index contributed by atoms with van der Waals surface area (Å²) in [5, 5.41) is 20.8. The van der Waals surface area contributed by atoms with Crippen LogP contribution in [0, 0.1) is 0 Å². The second-order valence-corrected chi connectivity index (χ2v) is 6.55. The first-order chi connectivity index (χ1) is 11.2. The SMILES string of the molecule is CCC(=O)N[C@@H]1CC[C@@H](CCn2cc(C3CC3)nn2)O[C@H]1CO. The van der Waals surface area contributed by atoms with Crippen LogP contribution in [0.4, 0.5) is 0 Å². The fourth-order valence-electron chi connectivity index (χ4n) is 3.08. The molecule has 7 nitrogen and oxygen atoms in total. The number of nitrogens with one attached hydrogen (secondary N) is 1. The van der Waals surface area contributed by atoms with E-state index in [9.17, 15) is 9.90 Å². The average Bonchev–Trinajstić information content (AvgIpc) is 3.32. The predicted octanol–water partition coefficient (Wildman–Crippen LogP) is 0.980. The summed E-state index contributed by atoms with van der Waals surface area (Å²) in [5.41, 5.74) is 1.10. The van der Waals surface area contributed by atoms with E-state index in [4.69, 9.17) is 4.74 Å². The first kappa shape index (κ1) is 16.4. The maximum atomic E-state index is 11.5. The molecule has 0 unspecified atom stereocenters. The highest BCUT2D eigenvalue weighted by molar-refractivity contribution is 5.75. The molecule has 1 aliphatic heterocycles. The molecule has 2 heterocycles. The molecule has 1 saturated heterocycles. The Hall–Kier alpha value is -1.47. The molecule has 0 radical (unpaired) electrons. The molecule has 128 valence electrons. The van der Waals surface area contributed by atoms with Gasteiger partial charge in [-0.1, -0.05) is 12.1 Å². The highest BCUT2D eigenvalue weighted by Crippen LogP contribution is 2.38. The summed E-state index contributed by atoms with van der Waals surface area (Å²) >= 11 is 0. The number of aromatic nitrogens is 3. The topological polar surface area (TPSA) is 89.3 Å². The molecular formula is C16H26N4O3. The van der Waals surface area contributed by atoms with Crippen molar-refractivity contribution in [1.82, 2.24) is 20.3 Å². The second kappa shape index (κ2) is 7.40. The normalized spacial score (nSPS) is 27.8. The summed E-state index contributed by atoms with van der Waals surface area (Å²) in [6.45, 7) is 2.53. The summed E-state index contributed by atoms with van der Waals surface area (Å²) in [6, 6.07) is -0.0865. The van der Waals surface area contributed by atoms with E-state index in [0.29, 0.717) is 12.3 Å². The van der Waals surface area contributed by atoms with Gasteiger partial charge in [-0.2, -0.15) is 0 Å². The van der Waals surface area contributed by atoms with Crippen molar-refractivity contribution < 1.29 is 14.6 Å². The van der Waals surface area contributed by atoms with Gasteiger partial charge in [-0.05, 0) is 32.1 Å². The van der Waals surface area contributed by atoms with Crippen LogP contribution in [0.15, 0.2) is 6.20 Å². The van der Waals surface area contributed by atoms with Crippen LogP contribution in [-0.4, -0.2) is 50.9 Å². The van der Waals surface area contributed by atoms with E-state index >= 15 is 0 Å². The van der Waals surface area contributed by atoms with Crippen LogP contribution in [0.25, 0.3) is 0 Å². The molecule has 3 atom stereocenters. The number of rotatable bonds is 7. The van der Waals surface area contributed by atoms with E-state index in [1.54, 1.807) is 0 Å². The molecule has 1 aromatic rings. The van der Waals surface area contributed by atoms with E-state index in [0.717, 1.165) is 31.5 Å². The smallest absolute Gasteiger partial charge is 0.220 e. The Kier molecular flexibility index (Phi) is 5.27. The van der Waals surface area contributed by atoms with Gasteiger partial charge in [0, 0.05) is 25.1 Å². The van der Waals surface area contributed by atoms with Gasteiger partial charge in [0.25, 0.3) is 0 Å². The van der Waals surface area contributed by atoms with Gasteiger partial charge in [0.15, 0.2) is 0 Å². The largest absolute Gasteiger partial charge is 0.394 e. The Bertz CT molecular complexity index is 529. The van der Waals surface area contributed by atoms with Crippen molar-refractivity contribution in [1.29, 1.82) is 0 Å². The van der Waals surface area contributed by atoms with E-state index in [1.165, 1.54) is 12.8 Å². The van der Waals surface area contributed by atoms with Gasteiger partial charge in [0.2, 0.25) is 5.91 Å². The van der Waals surface area contributed by atoms with Crippen molar-refractivity contribution in [3.63, 3.8) is 0 Å². The number of aliphatic hydroxyl groups is 1. The standard InChI is InChI=1S/C16H26N4O3/c1-2-16(22)17-13-6-5-12(23-15(13)10-21)7-8-20-9-14(18-19-20)11-3-4-11/h9,11-13,15,21H,2-8,10H2,1H3,(H,17,22)/t12-,13+,15-/m0/s1. The maximum absolute atomic E-state index is 11.5. The van der Waals surface area contributed by atoms with Crippen LogP contribution in [0.1, 0.15) is 57.1 Å². The van der Waals surface area contributed by atoms with Gasteiger partial charge < -0.3 is 15.2 Å². The molecule has 1 saturated carbocycles. The van der Waals surface area contributed by atoms with Crippen molar-refractivity contribution in [3.8, 4) is 0 Å². The Morgan fingerprint density at radius 2 is 2.26 bits per heavy atom. The van der Waals surface area contributed by atoms with E-state index in [2.05, 4.69) is 15.6 Å². The molecule has 3 rings (SSSR count). The Balaban J connectivity index is 1.46. The maximum Gasteiger partial charge on any atom is 0.220 e. The molecule has 1 aromatic heterocycles. The molecule has 2 aliphatic rings. The predicted molar refractivity (Wildman–Crippen MR) is 83.8 cm³/mol. The minimum Gasteiger partial charge on any atom is -0.394 e. The van der Waals surface area contributed by atoms with Crippen molar-refractivity contribution in [2.75, 3.05) is 6.61 Å². The van der Waals surface area contributed by atoms with E-state index in [1.807, 2.05) is 17.8 Å². The minimum atomic E-state index is -0.318. The number of nitrogens with zero attached hydrogens (tertiary/aromatic N) is 3. The van der Waals surface area contributed by atoms with Crippen LogP contribution < -0.4 is 5.32 Å². The van der Waals surface area contributed by atoms with E-state index < -0.39 is 0 Å². The fourth-order valence-corrected chi connectivity index (χ4v) is 3.08. The Morgan fingerprint density at radius 1 is 1.43 bits per heavy atom. The lowest BCUT2D eigenvalue weighted by molar-refractivity contribution is -0.128. The van der Waals surface area contributed by atoms with Crippen LogP contribution >= 0.6 is 0 Å². The lowest BCUT2D eigenvalue weighted by Crippen LogP contribution is -2.50. The summed E-state index contributed by atoms with van der Waals surface area (Å²) in [7, 11) is 0. The minimum absolute atomic E-state index is 0.00530. The summed E-state index contributed by atoms with van der Waals surface area (Å²) < 4.78 is 7.84. The number of hydrogen-bond acceptors (Lipinski definition) is 5. The first-order valence-electron chi connectivity index (χ1n) is 8.65. The highest BCUT2D eigenvalue weighted by Gasteiger charge is 2.31. The molecule has 1 aliphatic carbocycles. The van der Waals surface area contributed by atoms with Gasteiger partial charge in [0.05, 0.1) is 24.4 Å². The van der Waals surface area contributed by atoms with Crippen LogP contribution in [-0.2, 0) is 16.1 Å². The Labute approximate surface area is 136 Å². The fraction of sp³-hybridized carbons (Fsp3) is 0.812. The van der Waals surface area contributed by atoms with Crippen molar-refractivity contribution in [3.05, 3.63) is 11.9 Å². The number of carbonyl (C=O) groups is 1. The van der Waals surface area contributed by atoms with Crippen molar-refractivity contribution in [2.24, 2.45) is 0 Å². The number of hydrogen-bond donors (Lipinski definition) is 2. The zero-order valence-electron chi connectivity index (χ0n) is 13.6. The Morgan fingerprint density at radius 3 is 2.96 bits per heavy atom. The molecule has 23 heavy (non-hydrogen) atoms. The number of aliphatic hydroxyl groups excluding tert-OH is 1. The molecule has 7 heteroatoms. The van der Waals surface area contributed by atoms with Gasteiger partial charge in [-0.3, -0.25) is 9.48 Å². The summed E-state index contributed by atoms with van der Waals surface area (Å²) in [4.78, 5) is 11.5. The monoisotopic (exact) mass is 322 g/mol. The molecule has 0 aromatic carbocycles. The number of carbonyl (C=O) groups excluding carboxylic acids is 1. The number of ether oxygens (including phenoxy) is 1. The van der Waals surface area contributed by atoms with Crippen LogP contribution in [0.2, 0.25) is 0 Å². The zero-order chi connectivity index (χ0) is 16.2. The zero-order valence-corrected chi connectivity index (χ0v) is 13.6. The van der Waals surface area contributed by atoms with Crippen LogP contribution in [0.5, 0.6) is 0 Å². The van der Waals surface area contributed by atoms with E-state index in [-0.39, 0.29) is 30.8 Å². The van der Waals surface area contributed by atoms with Gasteiger partial charge in [0.1, 0.15) is 6.10 Å². The summed E-state index contributed by atoms with van der Waals surface area (Å²) in [6.07, 6.45) is 7.29.